The summed E-state index contributed by atoms with van der Waals surface area (Å²) in [6.45, 7) is 0. The molecule has 0 aromatic rings. The van der Waals surface area contributed by atoms with E-state index in [1.54, 1.807) is 0 Å². The van der Waals surface area contributed by atoms with Crippen LogP contribution >= 0.6 is 11.8 Å². The summed E-state index contributed by atoms with van der Waals surface area (Å²) in [6, 6.07) is 0. The minimum Gasteiger partial charge on any atom is -0.140 e. The maximum Gasteiger partial charge on any atom is 0.119 e. The van der Waals surface area contributed by atoms with Crippen molar-refractivity contribution >= 4 is 19.6 Å². The summed E-state index contributed by atoms with van der Waals surface area (Å²) in [6.07, 6.45) is 3.49. The Labute approximate surface area is 43.4 Å². The summed E-state index contributed by atoms with van der Waals surface area (Å²) in [5.74, 6) is 0. The van der Waals surface area contributed by atoms with E-state index in [2.05, 4.69) is 19.3 Å². The lowest BCUT2D eigenvalue weighted by Crippen LogP contribution is -1.91. The second-order valence-electron chi connectivity index (χ2n) is 1.55. The van der Waals surface area contributed by atoms with E-state index < -0.39 is 0 Å². The molecular formula is C4H7BS. The molecule has 1 unspecified atom stereocenters. The third-order valence-electron chi connectivity index (χ3n) is 0.875. The number of hydrogen-bond donors (Lipinski definition) is 0. The molecule has 6 heavy (non-hydrogen) atoms. The lowest BCUT2D eigenvalue weighted by atomic mass is 10.0. The van der Waals surface area contributed by atoms with Gasteiger partial charge in [-0.2, -0.15) is 0 Å². The van der Waals surface area contributed by atoms with Gasteiger partial charge in [-0.25, -0.2) is 0 Å². The molecular weight excluding hydrogens is 90.9 g/mol. The fourth-order valence-electron chi connectivity index (χ4n) is 0.492. The summed E-state index contributed by atoms with van der Waals surface area (Å²) >= 11 is 1.92. The van der Waals surface area contributed by atoms with Crippen molar-refractivity contribution in [1.29, 1.82) is 0 Å². The standard InChI is InChI=1S/C4H7BS/c5-4-2-1-3-6-4/h1,3-4H,2,5H2. The van der Waals surface area contributed by atoms with Crippen LogP contribution in [0.3, 0.4) is 0 Å². The van der Waals surface area contributed by atoms with E-state index >= 15 is 0 Å². The molecule has 0 saturated heterocycles. The van der Waals surface area contributed by atoms with Crippen LogP contribution in [0.5, 0.6) is 0 Å². The smallest absolute Gasteiger partial charge is 0.119 e. The monoisotopic (exact) mass is 98.0 g/mol. The van der Waals surface area contributed by atoms with E-state index in [0.29, 0.717) is 0 Å². The third-order valence-corrected chi connectivity index (χ3v) is 1.88. The Morgan fingerprint density at radius 3 is 2.83 bits per heavy atom. The summed E-state index contributed by atoms with van der Waals surface area (Å²) in [7, 11) is 2.24. The Kier molecular flexibility index (Phi) is 1.25. The van der Waals surface area contributed by atoms with Crippen LogP contribution in [-0.2, 0) is 0 Å². The van der Waals surface area contributed by atoms with E-state index in [1.165, 1.54) is 6.42 Å². The van der Waals surface area contributed by atoms with Gasteiger partial charge in [0.15, 0.2) is 0 Å². The zero-order valence-corrected chi connectivity index (χ0v) is 4.66. The van der Waals surface area contributed by atoms with Crippen molar-refractivity contribution in [3.05, 3.63) is 11.5 Å². The van der Waals surface area contributed by atoms with Crippen LogP contribution in [-0.4, -0.2) is 13.0 Å². The molecule has 0 aromatic heterocycles. The lowest BCUT2D eigenvalue weighted by molar-refractivity contribution is 1.20. The Morgan fingerprint density at radius 1 is 1.83 bits per heavy atom. The number of hydrogen-bond acceptors (Lipinski definition) is 1. The van der Waals surface area contributed by atoms with Gasteiger partial charge in [0.25, 0.3) is 0 Å². The van der Waals surface area contributed by atoms with Crippen molar-refractivity contribution in [3.8, 4) is 0 Å². The number of allylic oxidation sites excluding steroid dienone is 1. The van der Waals surface area contributed by atoms with Gasteiger partial charge in [0.2, 0.25) is 0 Å². The van der Waals surface area contributed by atoms with E-state index in [-0.39, 0.29) is 0 Å². The number of thioether (sulfide) groups is 1. The molecule has 0 aliphatic carbocycles. The third kappa shape index (κ3) is 0.808. The van der Waals surface area contributed by atoms with Crippen LogP contribution in [0.4, 0.5) is 0 Å². The fraction of sp³-hybridized carbons (Fsp3) is 0.500. The minimum atomic E-state index is 0.852. The summed E-state index contributed by atoms with van der Waals surface area (Å²) in [5, 5.41) is 3.02. The average molecular weight is 98.0 g/mol. The molecule has 0 saturated carbocycles. The fourth-order valence-corrected chi connectivity index (χ4v) is 1.21. The van der Waals surface area contributed by atoms with Crippen molar-refractivity contribution in [3.63, 3.8) is 0 Å². The molecule has 0 nitrogen and oxygen atoms in total. The first-order valence-corrected chi connectivity index (χ1v) is 3.14. The first-order chi connectivity index (χ1) is 2.89. The highest BCUT2D eigenvalue weighted by Crippen LogP contribution is 2.19. The Hall–Kier alpha value is 0.155. The van der Waals surface area contributed by atoms with Crippen molar-refractivity contribution in [2.45, 2.75) is 11.6 Å². The van der Waals surface area contributed by atoms with Gasteiger partial charge in [0.1, 0.15) is 7.85 Å². The summed E-state index contributed by atoms with van der Waals surface area (Å²) < 4.78 is 0. The van der Waals surface area contributed by atoms with Gasteiger partial charge in [-0.1, -0.05) is 6.08 Å². The first-order valence-electron chi connectivity index (χ1n) is 2.20. The van der Waals surface area contributed by atoms with Gasteiger partial charge in [0, 0.05) is 0 Å². The van der Waals surface area contributed by atoms with Gasteiger partial charge in [-0.15, -0.1) is 11.8 Å². The highest BCUT2D eigenvalue weighted by atomic mass is 32.2. The largest absolute Gasteiger partial charge is 0.140 e. The quantitative estimate of drug-likeness (QED) is 0.399. The molecule has 1 rings (SSSR count). The Balaban J connectivity index is 2.32. The summed E-state index contributed by atoms with van der Waals surface area (Å²) in [5.41, 5.74) is 0. The SMILES string of the molecule is BC1CC=CS1. The predicted molar refractivity (Wildman–Crippen MR) is 33.7 cm³/mol. The molecule has 0 bridgehead atoms. The van der Waals surface area contributed by atoms with E-state index in [4.69, 9.17) is 0 Å². The molecule has 0 spiro atoms. The van der Waals surface area contributed by atoms with Crippen molar-refractivity contribution in [2.24, 2.45) is 0 Å². The Morgan fingerprint density at radius 2 is 2.67 bits per heavy atom. The van der Waals surface area contributed by atoms with Crippen LogP contribution in [0, 0.1) is 0 Å². The lowest BCUT2D eigenvalue weighted by Gasteiger charge is -1.91. The van der Waals surface area contributed by atoms with Crippen LogP contribution in [0.1, 0.15) is 6.42 Å². The average Bonchev–Trinajstić information content (AvgIpc) is 1.86. The van der Waals surface area contributed by atoms with Crippen LogP contribution < -0.4 is 0 Å². The van der Waals surface area contributed by atoms with Crippen molar-refractivity contribution < 1.29 is 0 Å². The molecule has 1 aliphatic heterocycles. The molecule has 0 fully saturated rings. The van der Waals surface area contributed by atoms with Gasteiger partial charge in [0.05, 0.1) is 0 Å². The van der Waals surface area contributed by atoms with Gasteiger partial charge in [-0.05, 0) is 17.0 Å². The molecule has 1 heterocycles. The Bertz CT molecular complexity index is 61.9. The molecule has 0 radical (unpaired) electrons. The minimum absolute atomic E-state index is 0.852. The van der Waals surface area contributed by atoms with Gasteiger partial charge < -0.3 is 0 Å². The van der Waals surface area contributed by atoms with E-state index in [9.17, 15) is 0 Å². The van der Waals surface area contributed by atoms with Gasteiger partial charge >= 0.3 is 0 Å². The molecule has 1 aliphatic rings. The predicted octanol–water partition coefficient (Wildman–Crippen LogP) is 0.596. The topological polar surface area (TPSA) is 0 Å². The second kappa shape index (κ2) is 1.74. The zero-order valence-electron chi connectivity index (χ0n) is 3.85. The second-order valence-corrected chi connectivity index (χ2v) is 2.90. The molecule has 0 amide bonds. The summed E-state index contributed by atoms with van der Waals surface area (Å²) in [4.78, 5) is 0. The normalized spacial score (nSPS) is 31.7. The molecule has 0 N–H and O–H groups in total. The van der Waals surface area contributed by atoms with Crippen LogP contribution in [0.2, 0.25) is 0 Å². The first kappa shape index (κ1) is 4.32. The van der Waals surface area contributed by atoms with Crippen molar-refractivity contribution in [1.82, 2.24) is 0 Å². The molecule has 2 heteroatoms. The molecule has 1 atom stereocenters. The van der Waals surface area contributed by atoms with Crippen LogP contribution in [0.15, 0.2) is 11.5 Å². The highest BCUT2D eigenvalue weighted by Gasteiger charge is 2.00. The molecule has 32 valence electrons. The van der Waals surface area contributed by atoms with Crippen LogP contribution in [0.25, 0.3) is 0 Å². The van der Waals surface area contributed by atoms with E-state index in [1.807, 2.05) is 11.8 Å². The van der Waals surface area contributed by atoms with Crippen molar-refractivity contribution in [2.75, 3.05) is 0 Å². The zero-order chi connectivity index (χ0) is 4.41. The molecule has 0 aromatic carbocycles. The maximum absolute atomic E-state index is 2.24. The number of rotatable bonds is 0. The van der Waals surface area contributed by atoms with E-state index in [0.717, 1.165) is 5.15 Å². The van der Waals surface area contributed by atoms with Gasteiger partial charge in [-0.3, -0.25) is 0 Å². The maximum atomic E-state index is 2.24. The highest BCUT2D eigenvalue weighted by molar-refractivity contribution is 8.04.